The van der Waals surface area contributed by atoms with Gasteiger partial charge in [-0.05, 0) is 62.1 Å². The van der Waals surface area contributed by atoms with Gasteiger partial charge < -0.3 is 10.4 Å². The Kier molecular flexibility index (Phi) is 4.74. The van der Waals surface area contributed by atoms with Gasteiger partial charge in [0.1, 0.15) is 5.75 Å². The molecule has 0 aliphatic heterocycles. The molecule has 3 atom stereocenters. The van der Waals surface area contributed by atoms with E-state index in [4.69, 9.17) is 0 Å². The number of phenols is 1. The molecule has 0 saturated heterocycles. The summed E-state index contributed by atoms with van der Waals surface area (Å²) in [6, 6.07) is 4.69. The van der Waals surface area contributed by atoms with Crippen molar-refractivity contribution in [2.75, 3.05) is 0 Å². The molecule has 2 heteroatoms. The third kappa shape index (κ3) is 3.17. The molecule has 2 N–H and O–H groups in total. The van der Waals surface area contributed by atoms with E-state index in [1.54, 1.807) is 0 Å². The summed E-state index contributed by atoms with van der Waals surface area (Å²) >= 11 is 0. The van der Waals surface area contributed by atoms with E-state index < -0.39 is 0 Å². The second-order valence-electron chi connectivity index (χ2n) is 6.96. The number of fused-ring (bicyclic) bond motifs is 1. The summed E-state index contributed by atoms with van der Waals surface area (Å²) in [5.41, 5.74) is 3.82. The molecule has 0 bridgehead atoms. The second kappa shape index (κ2) is 6.17. The first kappa shape index (κ1) is 15.4. The Morgan fingerprint density at radius 1 is 1.20 bits per heavy atom. The van der Waals surface area contributed by atoms with Crippen molar-refractivity contribution in [3.05, 3.63) is 28.8 Å². The van der Waals surface area contributed by atoms with Gasteiger partial charge in [0.05, 0.1) is 0 Å². The summed E-state index contributed by atoms with van der Waals surface area (Å²) in [5.74, 6) is 1.75. The maximum Gasteiger partial charge on any atom is 0.120 e. The van der Waals surface area contributed by atoms with Crippen molar-refractivity contribution < 1.29 is 5.11 Å². The zero-order valence-electron chi connectivity index (χ0n) is 13.5. The summed E-state index contributed by atoms with van der Waals surface area (Å²) in [5, 5.41) is 14.0. The number of hydrogen-bond donors (Lipinski definition) is 2. The lowest BCUT2D eigenvalue weighted by atomic mass is 9.97. The average Bonchev–Trinajstić information content (AvgIpc) is 2.69. The van der Waals surface area contributed by atoms with Crippen LogP contribution in [0, 0.1) is 12.8 Å². The van der Waals surface area contributed by atoms with E-state index >= 15 is 0 Å². The lowest BCUT2D eigenvalue weighted by Crippen LogP contribution is -2.29. The first-order valence-electron chi connectivity index (χ1n) is 7.98. The fraction of sp³-hybridized carbons (Fsp3) is 0.667. The highest BCUT2D eigenvalue weighted by Crippen LogP contribution is 2.46. The summed E-state index contributed by atoms with van der Waals surface area (Å²) in [6.45, 7) is 11.2. The summed E-state index contributed by atoms with van der Waals surface area (Å²) in [6.07, 6.45) is 3.55. The van der Waals surface area contributed by atoms with Crippen LogP contribution < -0.4 is 5.32 Å². The first-order valence-corrected chi connectivity index (χ1v) is 7.98. The molecule has 20 heavy (non-hydrogen) atoms. The highest BCUT2D eigenvalue weighted by molar-refractivity contribution is 5.50. The van der Waals surface area contributed by atoms with E-state index in [-0.39, 0.29) is 0 Å². The molecule has 3 unspecified atom stereocenters. The zero-order chi connectivity index (χ0) is 14.9. The van der Waals surface area contributed by atoms with Crippen molar-refractivity contribution in [3.63, 3.8) is 0 Å². The van der Waals surface area contributed by atoms with Gasteiger partial charge in [0, 0.05) is 17.6 Å². The van der Waals surface area contributed by atoms with Crippen LogP contribution in [0.15, 0.2) is 12.1 Å². The van der Waals surface area contributed by atoms with Gasteiger partial charge in [-0.1, -0.05) is 26.8 Å². The molecule has 0 amide bonds. The molecule has 0 radical (unpaired) electrons. The monoisotopic (exact) mass is 275 g/mol. The van der Waals surface area contributed by atoms with E-state index in [0.717, 1.165) is 17.9 Å². The Balaban J connectivity index is 2.12. The Hall–Kier alpha value is -1.02. The first-order chi connectivity index (χ1) is 9.40. The van der Waals surface area contributed by atoms with Crippen molar-refractivity contribution >= 4 is 0 Å². The van der Waals surface area contributed by atoms with Gasteiger partial charge in [0.25, 0.3) is 0 Å². The molecular weight excluding hydrogens is 246 g/mol. The van der Waals surface area contributed by atoms with Crippen LogP contribution in [-0.2, 0) is 0 Å². The van der Waals surface area contributed by atoms with Gasteiger partial charge in [0.2, 0.25) is 0 Å². The van der Waals surface area contributed by atoms with Crippen LogP contribution in [-0.4, -0.2) is 11.1 Å². The molecule has 1 aromatic rings. The normalized spacial score (nSPS) is 23.1. The third-order valence-corrected chi connectivity index (χ3v) is 4.58. The van der Waals surface area contributed by atoms with Gasteiger partial charge in [-0.15, -0.1) is 0 Å². The molecule has 112 valence electrons. The Bertz CT molecular complexity index is 467. The van der Waals surface area contributed by atoms with Crippen molar-refractivity contribution in [1.82, 2.24) is 5.32 Å². The smallest absolute Gasteiger partial charge is 0.120 e. The molecule has 2 nitrogen and oxygen atoms in total. The molecule has 1 aliphatic carbocycles. The van der Waals surface area contributed by atoms with Gasteiger partial charge in [-0.25, -0.2) is 0 Å². The fourth-order valence-corrected chi connectivity index (χ4v) is 3.50. The van der Waals surface area contributed by atoms with Crippen LogP contribution in [0.25, 0.3) is 0 Å². The van der Waals surface area contributed by atoms with Crippen LogP contribution >= 0.6 is 0 Å². The minimum absolute atomic E-state index is 0.307. The van der Waals surface area contributed by atoms with Gasteiger partial charge in [-0.2, -0.15) is 0 Å². The van der Waals surface area contributed by atoms with Crippen molar-refractivity contribution in [2.45, 2.75) is 71.9 Å². The van der Waals surface area contributed by atoms with Crippen molar-refractivity contribution in [1.29, 1.82) is 0 Å². The SMILES string of the molecule is Cc1ccc(O)c2c1C(C)CC2NC(C)CCC(C)C. The van der Waals surface area contributed by atoms with Gasteiger partial charge in [-0.3, -0.25) is 0 Å². The van der Waals surface area contributed by atoms with E-state index in [0.29, 0.717) is 23.8 Å². The minimum atomic E-state index is 0.307. The van der Waals surface area contributed by atoms with Crippen LogP contribution in [0.1, 0.15) is 75.6 Å². The number of hydrogen-bond acceptors (Lipinski definition) is 2. The fourth-order valence-electron chi connectivity index (χ4n) is 3.50. The largest absolute Gasteiger partial charge is 0.508 e. The number of nitrogens with one attached hydrogen (secondary N) is 1. The van der Waals surface area contributed by atoms with E-state index in [9.17, 15) is 5.11 Å². The van der Waals surface area contributed by atoms with Crippen LogP contribution in [0.5, 0.6) is 5.75 Å². The number of rotatable bonds is 5. The zero-order valence-corrected chi connectivity index (χ0v) is 13.5. The minimum Gasteiger partial charge on any atom is -0.508 e. The number of benzene rings is 1. The lowest BCUT2D eigenvalue weighted by molar-refractivity contribution is 0.386. The maximum atomic E-state index is 10.2. The molecule has 1 aliphatic rings. The lowest BCUT2D eigenvalue weighted by Gasteiger charge is -2.22. The molecule has 0 aromatic heterocycles. The average molecular weight is 275 g/mol. The predicted octanol–water partition coefficient (Wildman–Crippen LogP) is 4.66. The molecule has 0 heterocycles. The van der Waals surface area contributed by atoms with Gasteiger partial charge >= 0.3 is 0 Å². The van der Waals surface area contributed by atoms with E-state index in [1.807, 2.05) is 12.1 Å². The molecule has 2 rings (SSSR count). The van der Waals surface area contributed by atoms with Gasteiger partial charge in [0.15, 0.2) is 0 Å². The Labute approximate surface area is 123 Å². The molecule has 0 saturated carbocycles. The Morgan fingerprint density at radius 2 is 1.90 bits per heavy atom. The molecule has 0 spiro atoms. The Morgan fingerprint density at radius 3 is 2.55 bits per heavy atom. The standard InChI is InChI=1S/C18H29NO/c1-11(2)6-8-14(5)19-15-10-13(4)17-12(3)7-9-16(20)18(15)17/h7,9,11,13-15,19-20H,6,8,10H2,1-5H3. The van der Waals surface area contributed by atoms with E-state index in [1.165, 1.54) is 24.0 Å². The quantitative estimate of drug-likeness (QED) is 0.819. The number of aromatic hydroxyl groups is 1. The maximum absolute atomic E-state index is 10.2. The van der Waals surface area contributed by atoms with Crippen molar-refractivity contribution in [2.24, 2.45) is 5.92 Å². The molecular formula is C18H29NO. The third-order valence-electron chi connectivity index (χ3n) is 4.58. The summed E-state index contributed by atoms with van der Waals surface area (Å²) < 4.78 is 0. The molecule has 1 aromatic carbocycles. The highest BCUT2D eigenvalue weighted by Gasteiger charge is 2.32. The number of phenolic OH excluding ortho intramolecular Hbond substituents is 1. The second-order valence-corrected chi connectivity index (χ2v) is 6.96. The topological polar surface area (TPSA) is 32.3 Å². The predicted molar refractivity (Wildman–Crippen MR) is 85.3 cm³/mol. The number of aryl methyl sites for hydroxylation is 1. The molecule has 0 fully saturated rings. The van der Waals surface area contributed by atoms with E-state index in [2.05, 4.69) is 39.9 Å². The summed E-state index contributed by atoms with van der Waals surface area (Å²) in [7, 11) is 0. The van der Waals surface area contributed by atoms with Crippen LogP contribution in [0.3, 0.4) is 0 Å². The highest BCUT2D eigenvalue weighted by atomic mass is 16.3. The van der Waals surface area contributed by atoms with Crippen molar-refractivity contribution in [3.8, 4) is 5.75 Å². The van der Waals surface area contributed by atoms with Crippen LogP contribution in [0.2, 0.25) is 0 Å². The van der Waals surface area contributed by atoms with Crippen LogP contribution in [0.4, 0.5) is 0 Å². The summed E-state index contributed by atoms with van der Waals surface area (Å²) in [4.78, 5) is 0.